The summed E-state index contributed by atoms with van der Waals surface area (Å²) in [6.45, 7) is 2.28. The highest BCUT2D eigenvalue weighted by Crippen LogP contribution is 2.26. The molecule has 1 aromatic heterocycles. The van der Waals surface area contributed by atoms with Crippen LogP contribution in [0.2, 0.25) is 0 Å². The van der Waals surface area contributed by atoms with Crippen LogP contribution in [0.1, 0.15) is 11.1 Å². The Hall–Kier alpha value is -2.34. The molecule has 0 spiro atoms. The molecule has 0 radical (unpaired) electrons. The van der Waals surface area contributed by atoms with Crippen LogP contribution >= 0.6 is 15.9 Å². The molecule has 0 aliphatic carbocycles. The van der Waals surface area contributed by atoms with Crippen molar-refractivity contribution in [3.05, 3.63) is 68.6 Å². The number of hydrogen-bond donors (Lipinski definition) is 0. The molecule has 0 bridgehead atoms. The van der Waals surface area contributed by atoms with Gasteiger partial charge in [-0.05, 0) is 30.7 Å². The van der Waals surface area contributed by atoms with E-state index in [-0.39, 0.29) is 0 Å². The van der Waals surface area contributed by atoms with Crippen molar-refractivity contribution in [1.82, 2.24) is 9.72 Å². The summed E-state index contributed by atoms with van der Waals surface area (Å²) in [5.74, 6) is 0.720. The third-order valence-corrected chi connectivity index (χ3v) is 4.14. The molecule has 3 aromatic rings. The van der Waals surface area contributed by atoms with Gasteiger partial charge in [-0.15, -0.1) is 0 Å². The summed E-state index contributed by atoms with van der Waals surface area (Å²) in [5.41, 5.74) is 2.75. The van der Waals surface area contributed by atoms with Crippen LogP contribution in [0.3, 0.4) is 0 Å². The van der Waals surface area contributed by atoms with Crippen molar-refractivity contribution in [2.75, 3.05) is 7.11 Å². The SMILES string of the molecule is COc1ccc(Br)cc1Cn1c(-c2ccccc2C)noc1=O. The maximum Gasteiger partial charge on any atom is 0.442 e. The third-order valence-electron chi connectivity index (χ3n) is 3.64. The topological polar surface area (TPSA) is 57.3 Å². The molecule has 1 heterocycles. The lowest BCUT2D eigenvalue weighted by Gasteiger charge is -2.11. The number of aromatic nitrogens is 2. The van der Waals surface area contributed by atoms with E-state index in [0.717, 1.165) is 21.2 Å². The molecule has 2 aromatic carbocycles. The standard InChI is InChI=1S/C17H15BrN2O3/c1-11-5-3-4-6-14(11)16-19-23-17(21)20(16)10-12-9-13(18)7-8-15(12)22-2/h3-9H,10H2,1-2H3. The zero-order valence-corrected chi connectivity index (χ0v) is 14.3. The molecule has 118 valence electrons. The van der Waals surface area contributed by atoms with Crippen molar-refractivity contribution >= 4 is 15.9 Å². The number of methoxy groups -OCH3 is 1. The zero-order chi connectivity index (χ0) is 16.4. The van der Waals surface area contributed by atoms with E-state index < -0.39 is 5.76 Å². The van der Waals surface area contributed by atoms with Crippen molar-refractivity contribution in [1.29, 1.82) is 0 Å². The molecule has 0 unspecified atom stereocenters. The predicted molar refractivity (Wildman–Crippen MR) is 90.7 cm³/mol. The molecule has 5 nitrogen and oxygen atoms in total. The van der Waals surface area contributed by atoms with Crippen LogP contribution < -0.4 is 10.5 Å². The van der Waals surface area contributed by atoms with Crippen molar-refractivity contribution < 1.29 is 9.26 Å². The normalized spacial score (nSPS) is 10.7. The lowest BCUT2D eigenvalue weighted by atomic mass is 10.1. The fourth-order valence-corrected chi connectivity index (χ4v) is 2.87. The van der Waals surface area contributed by atoms with Gasteiger partial charge < -0.3 is 4.74 Å². The van der Waals surface area contributed by atoms with Crippen LogP contribution in [0.15, 0.2) is 56.3 Å². The molecular formula is C17H15BrN2O3. The van der Waals surface area contributed by atoms with Crippen molar-refractivity contribution in [3.63, 3.8) is 0 Å². The first kappa shape index (κ1) is 15.6. The average molecular weight is 375 g/mol. The Morgan fingerprint density at radius 2 is 2.04 bits per heavy atom. The number of hydrogen-bond acceptors (Lipinski definition) is 4. The Labute approximate surface area is 141 Å². The first-order valence-corrected chi connectivity index (χ1v) is 7.84. The highest BCUT2D eigenvalue weighted by molar-refractivity contribution is 9.10. The molecule has 0 N–H and O–H groups in total. The predicted octanol–water partition coefficient (Wildman–Crippen LogP) is 3.63. The monoisotopic (exact) mass is 374 g/mol. The zero-order valence-electron chi connectivity index (χ0n) is 12.7. The fourth-order valence-electron chi connectivity index (χ4n) is 2.47. The summed E-state index contributed by atoms with van der Waals surface area (Å²) in [6.07, 6.45) is 0. The second-order valence-electron chi connectivity index (χ2n) is 5.13. The molecule has 0 atom stereocenters. The van der Waals surface area contributed by atoms with Crippen LogP contribution in [0.25, 0.3) is 11.4 Å². The van der Waals surface area contributed by atoms with E-state index in [1.165, 1.54) is 4.57 Å². The van der Waals surface area contributed by atoms with Gasteiger partial charge in [0.1, 0.15) is 5.75 Å². The van der Waals surface area contributed by atoms with Crippen LogP contribution in [-0.4, -0.2) is 16.8 Å². The van der Waals surface area contributed by atoms with Gasteiger partial charge in [0.2, 0.25) is 0 Å². The largest absolute Gasteiger partial charge is 0.496 e. The molecule has 0 fully saturated rings. The lowest BCUT2D eigenvalue weighted by Crippen LogP contribution is -2.17. The molecule has 23 heavy (non-hydrogen) atoms. The maximum atomic E-state index is 12.1. The molecule has 0 aliphatic heterocycles. The van der Waals surface area contributed by atoms with Gasteiger partial charge in [0.25, 0.3) is 0 Å². The van der Waals surface area contributed by atoms with Gasteiger partial charge in [-0.25, -0.2) is 4.79 Å². The van der Waals surface area contributed by atoms with E-state index in [9.17, 15) is 4.79 Å². The molecule has 0 saturated carbocycles. The number of benzene rings is 2. The van der Waals surface area contributed by atoms with Crippen molar-refractivity contribution in [3.8, 4) is 17.1 Å². The molecule has 6 heteroatoms. The quantitative estimate of drug-likeness (QED) is 0.699. The van der Waals surface area contributed by atoms with E-state index in [2.05, 4.69) is 21.1 Å². The first-order chi connectivity index (χ1) is 11.1. The van der Waals surface area contributed by atoms with Gasteiger partial charge in [-0.3, -0.25) is 9.09 Å². The van der Waals surface area contributed by atoms with Crippen LogP contribution in [0.5, 0.6) is 5.75 Å². The summed E-state index contributed by atoms with van der Waals surface area (Å²) >= 11 is 3.44. The first-order valence-electron chi connectivity index (χ1n) is 7.05. The molecule has 0 saturated heterocycles. The smallest absolute Gasteiger partial charge is 0.442 e. The van der Waals surface area contributed by atoms with Gasteiger partial charge in [0.05, 0.1) is 13.7 Å². The summed E-state index contributed by atoms with van der Waals surface area (Å²) in [6, 6.07) is 13.4. The Morgan fingerprint density at radius 3 is 2.78 bits per heavy atom. The maximum absolute atomic E-state index is 12.1. The number of rotatable bonds is 4. The summed E-state index contributed by atoms with van der Waals surface area (Å²) in [7, 11) is 1.60. The van der Waals surface area contributed by atoms with Gasteiger partial charge in [0.15, 0.2) is 5.82 Å². The highest BCUT2D eigenvalue weighted by atomic mass is 79.9. The minimum Gasteiger partial charge on any atom is -0.496 e. The van der Waals surface area contributed by atoms with E-state index >= 15 is 0 Å². The Morgan fingerprint density at radius 1 is 1.26 bits per heavy atom. The number of aryl methyl sites for hydroxylation is 1. The van der Waals surface area contributed by atoms with Crippen LogP contribution in [0.4, 0.5) is 0 Å². The minimum absolute atomic E-state index is 0.314. The Balaban J connectivity index is 2.09. The average Bonchev–Trinajstić information content (AvgIpc) is 2.89. The number of nitrogens with zero attached hydrogens (tertiary/aromatic N) is 2. The van der Waals surface area contributed by atoms with Gasteiger partial charge in [-0.2, -0.15) is 0 Å². The number of halogens is 1. The summed E-state index contributed by atoms with van der Waals surface area (Å²) in [4.78, 5) is 12.1. The molecule has 0 amide bonds. The molecule has 0 aliphatic rings. The van der Waals surface area contributed by atoms with Crippen molar-refractivity contribution in [2.24, 2.45) is 0 Å². The van der Waals surface area contributed by atoms with Crippen LogP contribution in [-0.2, 0) is 6.54 Å². The van der Waals surface area contributed by atoms with Gasteiger partial charge in [0, 0.05) is 15.6 Å². The second-order valence-corrected chi connectivity index (χ2v) is 6.04. The fraction of sp³-hybridized carbons (Fsp3) is 0.176. The van der Waals surface area contributed by atoms with E-state index in [1.807, 2.05) is 49.4 Å². The molecule has 3 rings (SSSR count). The van der Waals surface area contributed by atoms with E-state index in [4.69, 9.17) is 9.26 Å². The van der Waals surface area contributed by atoms with Gasteiger partial charge in [-0.1, -0.05) is 45.4 Å². The molecular weight excluding hydrogens is 360 g/mol. The second kappa shape index (κ2) is 6.42. The summed E-state index contributed by atoms with van der Waals surface area (Å²) < 4.78 is 12.7. The van der Waals surface area contributed by atoms with Crippen molar-refractivity contribution in [2.45, 2.75) is 13.5 Å². The Bertz CT molecular complexity index is 899. The minimum atomic E-state index is -0.495. The Kier molecular flexibility index (Phi) is 4.34. The highest BCUT2D eigenvalue weighted by Gasteiger charge is 2.16. The van der Waals surface area contributed by atoms with E-state index in [1.54, 1.807) is 7.11 Å². The lowest BCUT2D eigenvalue weighted by molar-refractivity contribution is 0.376. The van der Waals surface area contributed by atoms with Gasteiger partial charge >= 0.3 is 5.76 Å². The number of ether oxygens (including phenoxy) is 1. The van der Waals surface area contributed by atoms with E-state index in [0.29, 0.717) is 18.1 Å². The third kappa shape index (κ3) is 3.07. The summed E-state index contributed by atoms with van der Waals surface area (Å²) in [5, 5.41) is 3.94. The van der Waals surface area contributed by atoms with Crippen LogP contribution in [0, 0.1) is 6.92 Å².